The molecule has 0 rings (SSSR count). The molecule has 9 heavy (non-hydrogen) atoms. The highest BCUT2D eigenvalue weighted by Gasteiger charge is 2.18. The van der Waals surface area contributed by atoms with E-state index < -0.39 is 0 Å². The first-order chi connectivity index (χ1) is 4.18. The van der Waals surface area contributed by atoms with Crippen molar-refractivity contribution in [3.63, 3.8) is 0 Å². The summed E-state index contributed by atoms with van der Waals surface area (Å²) in [6.45, 7) is 4.90. The molecule has 0 fully saturated rings. The van der Waals surface area contributed by atoms with Gasteiger partial charge in [0.1, 0.15) is 0 Å². The SMILES string of the molecule is CCC(C)(CCN)OC. The van der Waals surface area contributed by atoms with Crippen LogP contribution in [0.4, 0.5) is 0 Å². The van der Waals surface area contributed by atoms with E-state index in [1.54, 1.807) is 7.11 Å². The molecular weight excluding hydrogens is 114 g/mol. The van der Waals surface area contributed by atoms with E-state index in [1.165, 1.54) is 0 Å². The van der Waals surface area contributed by atoms with Crippen molar-refractivity contribution >= 4 is 0 Å². The fourth-order valence-electron chi connectivity index (χ4n) is 0.729. The predicted octanol–water partition coefficient (Wildman–Crippen LogP) is 1.15. The van der Waals surface area contributed by atoms with Gasteiger partial charge < -0.3 is 10.5 Å². The van der Waals surface area contributed by atoms with Gasteiger partial charge in [0.2, 0.25) is 0 Å². The van der Waals surface area contributed by atoms with Crippen molar-refractivity contribution in [2.45, 2.75) is 32.3 Å². The molecule has 0 heterocycles. The van der Waals surface area contributed by atoms with E-state index in [9.17, 15) is 0 Å². The first kappa shape index (κ1) is 8.92. The lowest BCUT2D eigenvalue weighted by molar-refractivity contribution is -0.00211. The van der Waals surface area contributed by atoms with E-state index >= 15 is 0 Å². The van der Waals surface area contributed by atoms with Crippen molar-refractivity contribution in [1.82, 2.24) is 0 Å². The molecule has 0 radical (unpaired) electrons. The Balaban J connectivity index is 3.62. The minimum Gasteiger partial charge on any atom is -0.378 e. The maximum absolute atomic E-state index is 5.39. The van der Waals surface area contributed by atoms with Crippen molar-refractivity contribution in [1.29, 1.82) is 0 Å². The second-order valence-corrected chi connectivity index (χ2v) is 2.55. The van der Waals surface area contributed by atoms with E-state index in [2.05, 4.69) is 13.8 Å². The normalized spacial score (nSPS) is 17.3. The van der Waals surface area contributed by atoms with Crippen LogP contribution in [0.2, 0.25) is 0 Å². The van der Waals surface area contributed by atoms with Crippen molar-refractivity contribution in [2.24, 2.45) is 5.73 Å². The lowest BCUT2D eigenvalue weighted by Crippen LogP contribution is -2.29. The standard InChI is InChI=1S/C7H17NO/c1-4-7(2,9-3)5-6-8/h4-6,8H2,1-3H3. The predicted molar refractivity (Wildman–Crippen MR) is 39.4 cm³/mol. The van der Waals surface area contributed by atoms with Crippen LogP contribution in [0.1, 0.15) is 26.7 Å². The van der Waals surface area contributed by atoms with Gasteiger partial charge in [0.15, 0.2) is 0 Å². The third-order valence-corrected chi connectivity index (χ3v) is 1.91. The minimum absolute atomic E-state index is 0.00868. The van der Waals surface area contributed by atoms with Crippen LogP contribution in [-0.4, -0.2) is 19.3 Å². The van der Waals surface area contributed by atoms with Crippen LogP contribution in [0.25, 0.3) is 0 Å². The molecule has 0 spiro atoms. The molecule has 2 heteroatoms. The van der Waals surface area contributed by atoms with Crippen LogP contribution >= 0.6 is 0 Å². The Morgan fingerprint density at radius 2 is 2.11 bits per heavy atom. The monoisotopic (exact) mass is 131 g/mol. The van der Waals surface area contributed by atoms with Crippen LogP contribution < -0.4 is 5.73 Å². The zero-order valence-electron chi connectivity index (χ0n) is 6.61. The summed E-state index contributed by atoms with van der Waals surface area (Å²) < 4.78 is 5.25. The van der Waals surface area contributed by atoms with Crippen molar-refractivity contribution < 1.29 is 4.74 Å². The molecule has 56 valence electrons. The third kappa shape index (κ3) is 2.82. The fourth-order valence-corrected chi connectivity index (χ4v) is 0.729. The summed E-state index contributed by atoms with van der Waals surface area (Å²) >= 11 is 0. The lowest BCUT2D eigenvalue weighted by atomic mass is 9.99. The second-order valence-electron chi connectivity index (χ2n) is 2.55. The molecule has 1 atom stereocenters. The van der Waals surface area contributed by atoms with E-state index in [0.717, 1.165) is 12.8 Å². The van der Waals surface area contributed by atoms with Crippen molar-refractivity contribution in [3.8, 4) is 0 Å². The van der Waals surface area contributed by atoms with Crippen LogP contribution in [-0.2, 0) is 4.74 Å². The Morgan fingerprint density at radius 1 is 1.56 bits per heavy atom. The maximum atomic E-state index is 5.39. The molecular formula is C7H17NO. The third-order valence-electron chi connectivity index (χ3n) is 1.91. The van der Waals surface area contributed by atoms with E-state index in [0.29, 0.717) is 6.54 Å². The first-order valence-corrected chi connectivity index (χ1v) is 3.43. The molecule has 2 N–H and O–H groups in total. The largest absolute Gasteiger partial charge is 0.378 e. The van der Waals surface area contributed by atoms with Crippen LogP contribution in [0.5, 0.6) is 0 Å². The van der Waals surface area contributed by atoms with Crippen LogP contribution in [0.15, 0.2) is 0 Å². The first-order valence-electron chi connectivity index (χ1n) is 3.43. The Kier molecular flexibility index (Phi) is 3.82. The zero-order chi connectivity index (χ0) is 7.33. The van der Waals surface area contributed by atoms with Gasteiger partial charge in [0.25, 0.3) is 0 Å². The molecule has 0 saturated heterocycles. The maximum Gasteiger partial charge on any atom is 0.0660 e. The van der Waals surface area contributed by atoms with E-state index in [4.69, 9.17) is 10.5 Å². The Hall–Kier alpha value is -0.0800. The number of hydrogen-bond acceptors (Lipinski definition) is 2. The summed E-state index contributed by atoms with van der Waals surface area (Å²) in [5.74, 6) is 0. The van der Waals surface area contributed by atoms with Gasteiger partial charge in [-0.25, -0.2) is 0 Å². The summed E-state index contributed by atoms with van der Waals surface area (Å²) in [7, 11) is 1.74. The summed E-state index contributed by atoms with van der Waals surface area (Å²) in [5, 5.41) is 0. The average Bonchev–Trinajstić information content (AvgIpc) is 1.89. The van der Waals surface area contributed by atoms with Gasteiger partial charge in [-0.15, -0.1) is 0 Å². The Morgan fingerprint density at radius 3 is 2.22 bits per heavy atom. The van der Waals surface area contributed by atoms with Gasteiger partial charge in [-0.2, -0.15) is 0 Å². The summed E-state index contributed by atoms with van der Waals surface area (Å²) in [6, 6.07) is 0. The van der Waals surface area contributed by atoms with Gasteiger partial charge in [0, 0.05) is 7.11 Å². The van der Waals surface area contributed by atoms with Gasteiger partial charge in [-0.3, -0.25) is 0 Å². The van der Waals surface area contributed by atoms with E-state index in [1.807, 2.05) is 0 Å². The highest BCUT2D eigenvalue weighted by Crippen LogP contribution is 2.16. The molecule has 0 amide bonds. The van der Waals surface area contributed by atoms with Crippen LogP contribution in [0.3, 0.4) is 0 Å². The molecule has 0 aliphatic rings. The lowest BCUT2D eigenvalue weighted by Gasteiger charge is -2.25. The molecule has 0 aromatic carbocycles. The molecule has 0 aliphatic heterocycles. The highest BCUT2D eigenvalue weighted by molar-refractivity contribution is 4.72. The van der Waals surface area contributed by atoms with Crippen LogP contribution in [0, 0.1) is 0 Å². The number of hydrogen-bond donors (Lipinski definition) is 1. The quantitative estimate of drug-likeness (QED) is 0.621. The van der Waals surface area contributed by atoms with Crippen molar-refractivity contribution in [2.75, 3.05) is 13.7 Å². The number of methoxy groups -OCH3 is 1. The Bertz CT molecular complexity index is 69.3. The van der Waals surface area contributed by atoms with Gasteiger partial charge in [0.05, 0.1) is 5.60 Å². The molecule has 0 aromatic rings. The second kappa shape index (κ2) is 3.85. The highest BCUT2D eigenvalue weighted by atomic mass is 16.5. The van der Waals surface area contributed by atoms with Gasteiger partial charge in [-0.1, -0.05) is 6.92 Å². The Labute approximate surface area is 57.4 Å². The molecule has 0 bridgehead atoms. The molecule has 0 aliphatic carbocycles. The van der Waals surface area contributed by atoms with Gasteiger partial charge in [-0.05, 0) is 26.3 Å². The summed E-state index contributed by atoms with van der Waals surface area (Å²) in [4.78, 5) is 0. The topological polar surface area (TPSA) is 35.2 Å². The molecule has 2 nitrogen and oxygen atoms in total. The number of rotatable bonds is 4. The molecule has 0 aromatic heterocycles. The molecule has 1 unspecified atom stereocenters. The van der Waals surface area contributed by atoms with E-state index in [-0.39, 0.29) is 5.60 Å². The zero-order valence-corrected chi connectivity index (χ0v) is 6.61. The summed E-state index contributed by atoms with van der Waals surface area (Å²) in [5.41, 5.74) is 5.39. The fraction of sp³-hybridized carbons (Fsp3) is 1.00. The van der Waals surface area contributed by atoms with Gasteiger partial charge >= 0.3 is 0 Å². The number of nitrogens with two attached hydrogens (primary N) is 1. The minimum atomic E-state index is 0.00868. The number of ether oxygens (including phenoxy) is 1. The van der Waals surface area contributed by atoms with Crippen molar-refractivity contribution in [3.05, 3.63) is 0 Å². The summed E-state index contributed by atoms with van der Waals surface area (Å²) in [6.07, 6.45) is 1.97. The average molecular weight is 131 g/mol. The smallest absolute Gasteiger partial charge is 0.0660 e. The molecule has 0 saturated carbocycles.